The number of aliphatic imine (C=N–C) groups is 1. The first-order valence-corrected chi connectivity index (χ1v) is 11.4. The van der Waals surface area contributed by atoms with Crippen LogP contribution in [0.25, 0.3) is 0 Å². The van der Waals surface area contributed by atoms with Crippen molar-refractivity contribution < 1.29 is 5.11 Å². The summed E-state index contributed by atoms with van der Waals surface area (Å²) in [6, 6.07) is 26.6. The zero-order chi connectivity index (χ0) is 23.5. The Morgan fingerprint density at radius 1 is 0.735 bits per heavy atom. The highest BCUT2D eigenvalue weighted by atomic mass is 16.3. The van der Waals surface area contributed by atoms with Gasteiger partial charge in [-0.25, -0.2) is 9.79 Å². The van der Waals surface area contributed by atoms with Gasteiger partial charge < -0.3 is 5.11 Å². The Morgan fingerprint density at radius 3 is 1.88 bits per heavy atom. The molecule has 6 nitrogen and oxygen atoms in total. The molecule has 3 aromatic carbocycles. The number of aromatic hydroxyl groups is 1. The van der Waals surface area contributed by atoms with E-state index in [-0.39, 0.29) is 17.0 Å². The molecular formula is C28H25N3O3. The number of aromatic nitrogens is 2. The van der Waals surface area contributed by atoms with Gasteiger partial charge in [-0.2, -0.15) is 0 Å². The molecule has 170 valence electrons. The van der Waals surface area contributed by atoms with Gasteiger partial charge in [0.1, 0.15) is 11.6 Å². The number of aryl methyl sites for hydroxylation is 2. The van der Waals surface area contributed by atoms with E-state index in [0.29, 0.717) is 43.7 Å². The zero-order valence-corrected chi connectivity index (χ0v) is 18.7. The first-order chi connectivity index (χ1) is 16.6. The van der Waals surface area contributed by atoms with E-state index in [9.17, 15) is 14.7 Å². The average Bonchev–Trinajstić information content (AvgIpc) is 3.31. The fourth-order valence-electron chi connectivity index (χ4n) is 4.35. The lowest BCUT2D eigenvalue weighted by Gasteiger charge is -2.14. The summed E-state index contributed by atoms with van der Waals surface area (Å²) in [6.07, 6.45) is 1.61. The lowest BCUT2D eigenvalue weighted by molar-refractivity contribution is 0.475. The first-order valence-electron chi connectivity index (χ1n) is 11.4. The SMILES string of the molecule is O=c1c2c(n(CCc3ccccc3)c(=O)n1CCc1ccccc1)N=C(c1ccc(O)cc1)C2. The Kier molecular flexibility index (Phi) is 5.95. The van der Waals surface area contributed by atoms with Crippen LogP contribution in [0, 0.1) is 0 Å². The molecule has 0 atom stereocenters. The second-order valence-electron chi connectivity index (χ2n) is 8.45. The van der Waals surface area contributed by atoms with Crippen molar-refractivity contribution in [2.75, 3.05) is 0 Å². The lowest BCUT2D eigenvalue weighted by atomic mass is 10.1. The Balaban J connectivity index is 1.54. The maximum absolute atomic E-state index is 13.5. The fraction of sp³-hybridized carbons (Fsp3) is 0.179. The van der Waals surface area contributed by atoms with Gasteiger partial charge in [0.2, 0.25) is 0 Å². The topological polar surface area (TPSA) is 76.6 Å². The quantitative estimate of drug-likeness (QED) is 0.463. The smallest absolute Gasteiger partial charge is 0.332 e. The van der Waals surface area contributed by atoms with Gasteiger partial charge in [-0.3, -0.25) is 13.9 Å². The molecule has 4 aromatic rings. The Hall–Kier alpha value is -4.19. The zero-order valence-electron chi connectivity index (χ0n) is 18.7. The molecule has 34 heavy (non-hydrogen) atoms. The van der Waals surface area contributed by atoms with E-state index in [0.717, 1.165) is 22.4 Å². The van der Waals surface area contributed by atoms with Crippen molar-refractivity contribution in [1.82, 2.24) is 9.13 Å². The molecule has 0 amide bonds. The third-order valence-corrected chi connectivity index (χ3v) is 6.21. The second-order valence-corrected chi connectivity index (χ2v) is 8.45. The normalized spacial score (nSPS) is 12.4. The van der Waals surface area contributed by atoms with Crippen LogP contribution < -0.4 is 11.2 Å². The minimum Gasteiger partial charge on any atom is -0.508 e. The van der Waals surface area contributed by atoms with Crippen LogP contribution in [-0.4, -0.2) is 20.0 Å². The summed E-state index contributed by atoms with van der Waals surface area (Å²) in [7, 11) is 0. The molecule has 1 aromatic heterocycles. The van der Waals surface area contributed by atoms with Gasteiger partial charge in [-0.1, -0.05) is 60.7 Å². The number of benzene rings is 3. The van der Waals surface area contributed by atoms with E-state index < -0.39 is 0 Å². The van der Waals surface area contributed by atoms with Gasteiger partial charge in [0.05, 0.1) is 11.3 Å². The van der Waals surface area contributed by atoms with Crippen molar-refractivity contribution in [3.05, 3.63) is 128 Å². The molecule has 0 bridgehead atoms. The van der Waals surface area contributed by atoms with Crippen LogP contribution in [0.4, 0.5) is 5.82 Å². The molecule has 1 N–H and O–H groups in total. The molecule has 0 saturated carbocycles. The van der Waals surface area contributed by atoms with Crippen LogP contribution >= 0.6 is 0 Å². The van der Waals surface area contributed by atoms with Crippen LogP contribution in [0.5, 0.6) is 5.75 Å². The first kappa shape index (κ1) is 21.6. The van der Waals surface area contributed by atoms with Crippen molar-refractivity contribution >= 4 is 11.5 Å². The highest BCUT2D eigenvalue weighted by Crippen LogP contribution is 2.26. The summed E-state index contributed by atoms with van der Waals surface area (Å²) in [6.45, 7) is 0.748. The molecule has 0 saturated heterocycles. The van der Waals surface area contributed by atoms with E-state index in [1.54, 1.807) is 28.8 Å². The van der Waals surface area contributed by atoms with Gasteiger partial charge in [0.15, 0.2) is 0 Å². The average molecular weight is 452 g/mol. The summed E-state index contributed by atoms with van der Waals surface area (Å²) < 4.78 is 2.99. The number of rotatable bonds is 7. The Bertz CT molecular complexity index is 1450. The molecule has 6 heteroatoms. The molecule has 1 aliphatic heterocycles. The predicted octanol–water partition coefficient (Wildman–Crippen LogP) is 3.88. The van der Waals surface area contributed by atoms with Crippen molar-refractivity contribution in [3.8, 4) is 5.75 Å². The van der Waals surface area contributed by atoms with Gasteiger partial charge >= 0.3 is 5.69 Å². The maximum Gasteiger partial charge on any atom is 0.332 e. The summed E-state index contributed by atoms with van der Waals surface area (Å²) in [5.74, 6) is 0.618. The molecule has 5 rings (SSSR count). The van der Waals surface area contributed by atoms with Crippen molar-refractivity contribution in [1.29, 1.82) is 0 Å². The van der Waals surface area contributed by atoms with Gasteiger partial charge in [0.25, 0.3) is 5.56 Å². The van der Waals surface area contributed by atoms with E-state index in [1.807, 2.05) is 60.7 Å². The van der Waals surface area contributed by atoms with Crippen LogP contribution in [0.1, 0.15) is 22.3 Å². The Labute approximate surface area is 197 Å². The van der Waals surface area contributed by atoms with E-state index in [2.05, 4.69) is 0 Å². The van der Waals surface area contributed by atoms with E-state index >= 15 is 0 Å². The summed E-state index contributed by atoms with van der Waals surface area (Å²) in [5.41, 5.74) is 3.68. The van der Waals surface area contributed by atoms with Crippen molar-refractivity contribution in [2.45, 2.75) is 32.4 Å². The van der Waals surface area contributed by atoms with Gasteiger partial charge in [-0.05, 0) is 53.8 Å². The third kappa shape index (κ3) is 4.35. The molecular weight excluding hydrogens is 426 g/mol. The molecule has 1 aliphatic rings. The summed E-state index contributed by atoms with van der Waals surface area (Å²) in [5, 5.41) is 9.63. The van der Waals surface area contributed by atoms with E-state index in [4.69, 9.17) is 4.99 Å². The van der Waals surface area contributed by atoms with Crippen LogP contribution in [0.3, 0.4) is 0 Å². The predicted molar refractivity (Wildman–Crippen MR) is 133 cm³/mol. The number of fused-ring (bicyclic) bond motifs is 1. The molecule has 0 unspecified atom stereocenters. The number of phenolic OH excluding ortho intramolecular Hbond substituents is 1. The number of nitrogens with zero attached hydrogens (tertiary/aromatic N) is 3. The lowest BCUT2D eigenvalue weighted by Crippen LogP contribution is -2.42. The monoisotopic (exact) mass is 451 g/mol. The molecule has 0 aliphatic carbocycles. The highest BCUT2D eigenvalue weighted by Gasteiger charge is 2.26. The minimum absolute atomic E-state index is 0.169. The molecule has 0 fully saturated rings. The van der Waals surface area contributed by atoms with Crippen LogP contribution in [-0.2, 0) is 32.4 Å². The fourth-order valence-corrected chi connectivity index (χ4v) is 4.35. The molecule has 0 radical (unpaired) electrons. The standard InChI is InChI=1S/C28H25N3O3/c32-23-13-11-22(12-14-23)25-19-24-26(29-25)30(17-15-20-7-3-1-4-8-20)28(34)31(27(24)33)18-16-21-9-5-2-6-10-21/h1-14,32H,15-19H2. The second kappa shape index (κ2) is 9.35. The molecule has 0 spiro atoms. The Morgan fingerprint density at radius 2 is 1.29 bits per heavy atom. The van der Waals surface area contributed by atoms with Crippen LogP contribution in [0.15, 0.2) is 99.5 Å². The molecule has 2 heterocycles. The van der Waals surface area contributed by atoms with Crippen molar-refractivity contribution in [3.63, 3.8) is 0 Å². The van der Waals surface area contributed by atoms with Crippen LogP contribution in [0.2, 0.25) is 0 Å². The third-order valence-electron chi connectivity index (χ3n) is 6.21. The minimum atomic E-state index is -0.327. The summed E-state index contributed by atoms with van der Waals surface area (Å²) in [4.78, 5) is 31.6. The largest absolute Gasteiger partial charge is 0.508 e. The number of hydrogen-bond acceptors (Lipinski definition) is 4. The number of hydrogen-bond donors (Lipinski definition) is 1. The highest BCUT2D eigenvalue weighted by molar-refractivity contribution is 6.06. The maximum atomic E-state index is 13.5. The summed E-state index contributed by atoms with van der Waals surface area (Å²) >= 11 is 0. The van der Waals surface area contributed by atoms with E-state index in [1.165, 1.54) is 4.57 Å². The number of phenols is 1. The van der Waals surface area contributed by atoms with Gasteiger partial charge in [0, 0.05) is 19.5 Å². The van der Waals surface area contributed by atoms with Gasteiger partial charge in [-0.15, -0.1) is 0 Å². The van der Waals surface area contributed by atoms with Crippen molar-refractivity contribution in [2.24, 2.45) is 4.99 Å².